The lowest BCUT2D eigenvalue weighted by Crippen LogP contribution is -2.52. The van der Waals surface area contributed by atoms with Crippen LogP contribution in [0.5, 0.6) is 0 Å². The summed E-state index contributed by atoms with van der Waals surface area (Å²) in [5.41, 5.74) is 3.81. The number of carbonyl (C=O) groups excluding carboxylic acids is 2. The highest BCUT2D eigenvalue weighted by Gasteiger charge is 2.41. The largest absolute Gasteiger partial charge is 0.336 e. The van der Waals surface area contributed by atoms with Crippen molar-refractivity contribution < 1.29 is 9.59 Å². The molecule has 2 aromatic rings. The Balaban J connectivity index is 1.57. The molecule has 0 unspecified atom stereocenters. The van der Waals surface area contributed by atoms with Crippen molar-refractivity contribution in [2.45, 2.75) is 37.6 Å². The van der Waals surface area contributed by atoms with E-state index in [0.29, 0.717) is 16.3 Å². The molecule has 2 aromatic carbocycles. The summed E-state index contributed by atoms with van der Waals surface area (Å²) in [5, 5.41) is 6.62. The Morgan fingerprint density at radius 3 is 2.50 bits per heavy atom. The molecular weight excluding hydrogens is 424 g/mol. The zero-order chi connectivity index (χ0) is 22.3. The van der Waals surface area contributed by atoms with E-state index in [1.54, 1.807) is 0 Å². The normalized spacial score (nSPS) is 20.4. The number of hydrogen-bond acceptors (Lipinski definition) is 3. The lowest BCUT2D eigenvalue weighted by Gasteiger charge is -2.43. The Kier molecular flexibility index (Phi) is 5.59. The highest BCUT2D eigenvalue weighted by molar-refractivity contribution is 6.34. The van der Waals surface area contributed by atoms with Gasteiger partial charge < -0.3 is 20.4 Å². The number of likely N-dealkylation sites (N-methyl/N-ethyl adjacent to an activating group) is 1. The standard InChI is InChI=1S/C25H29ClN4O2/c1-29-11-13-30(14-12-29)23(31)19-8-4-3-7-18(19)17-15-20-22(21(26)16-17)27-24(32)28-25(20)9-5-2-6-10-25/h3-4,7-8,15-16H,2,5-6,9-14H2,1H3,(H2,27,28,32). The molecule has 2 heterocycles. The molecule has 0 aromatic heterocycles. The number of rotatable bonds is 2. The van der Waals surface area contributed by atoms with E-state index < -0.39 is 5.54 Å². The quantitative estimate of drug-likeness (QED) is 0.694. The number of hydrogen-bond donors (Lipinski definition) is 2. The van der Waals surface area contributed by atoms with E-state index in [1.165, 1.54) is 6.42 Å². The van der Waals surface area contributed by atoms with Crippen molar-refractivity contribution in [1.82, 2.24) is 15.1 Å². The molecule has 0 atom stereocenters. The Bertz CT molecular complexity index is 1060. The molecule has 0 bridgehead atoms. The fourth-order valence-corrected chi connectivity index (χ4v) is 5.61. The van der Waals surface area contributed by atoms with E-state index in [-0.39, 0.29) is 11.9 Å². The average molecular weight is 453 g/mol. The first-order valence-electron chi connectivity index (χ1n) is 11.5. The summed E-state index contributed by atoms with van der Waals surface area (Å²) < 4.78 is 0. The number of piperazine rings is 1. The van der Waals surface area contributed by atoms with Gasteiger partial charge in [-0.05, 0) is 49.2 Å². The molecule has 3 aliphatic rings. The number of nitrogens with zero attached hydrogens (tertiary/aromatic N) is 2. The van der Waals surface area contributed by atoms with E-state index in [1.807, 2.05) is 35.2 Å². The van der Waals surface area contributed by atoms with Crippen molar-refractivity contribution in [2.24, 2.45) is 0 Å². The van der Waals surface area contributed by atoms with Gasteiger partial charge in [-0.2, -0.15) is 0 Å². The molecule has 5 rings (SSSR count). The van der Waals surface area contributed by atoms with Gasteiger partial charge in [0.2, 0.25) is 0 Å². The van der Waals surface area contributed by atoms with Crippen LogP contribution in [0.2, 0.25) is 5.02 Å². The molecule has 7 heteroatoms. The first kappa shape index (κ1) is 21.3. The molecule has 2 fully saturated rings. The maximum atomic E-state index is 13.4. The predicted octanol–water partition coefficient (Wildman–Crippen LogP) is 4.69. The molecule has 1 saturated carbocycles. The Labute approximate surface area is 193 Å². The van der Waals surface area contributed by atoms with Gasteiger partial charge in [0.1, 0.15) is 0 Å². The first-order chi connectivity index (χ1) is 15.5. The van der Waals surface area contributed by atoms with E-state index in [9.17, 15) is 9.59 Å². The number of amides is 3. The van der Waals surface area contributed by atoms with Crippen LogP contribution in [0, 0.1) is 0 Å². The van der Waals surface area contributed by atoms with Gasteiger partial charge in [-0.25, -0.2) is 4.79 Å². The fraction of sp³-hybridized carbons (Fsp3) is 0.440. The Hall–Kier alpha value is -2.57. The second kappa shape index (κ2) is 8.41. The van der Waals surface area contributed by atoms with Crippen molar-refractivity contribution >= 4 is 29.2 Å². The number of urea groups is 1. The Morgan fingerprint density at radius 1 is 1.03 bits per heavy atom. The minimum absolute atomic E-state index is 0.0568. The van der Waals surface area contributed by atoms with Gasteiger partial charge in [-0.1, -0.05) is 49.1 Å². The van der Waals surface area contributed by atoms with Gasteiger partial charge in [0.15, 0.2) is 0 Å². The van der Waals surface area contributed by atoms with Crippen molar-refractivity contribution in [3.63, 3.8) is 0 Å². The smallest absolute Gasteiger partial charge is 0.319 e. The number of anilines is 1. The third-order valence-electron chi connectivity index (χ3n) is 7.16. The van der Waals surface area contributed by atoms with Crippen molar-refractivity contribution in [3.05, 3.63) is 52.5 Å². The zero-order valence-corrected chi connectivity index (χ0v) is 19.2. The molecule has 168 valence electrons. The summed E-state index contributed by atoms with van der Waals surface area (Å²) in [4.78, 5) is 30.0. The lowest BCUT2D eigenvalue weighted by atomic mass is 9.74. The maximum absolute atomic E-state index is 13.4. The molecule has 3 amide bonds. The second-order valence-electron chi connectivity index (χ2n) is 9.24. The number of fused-ring (bicyclic) bond motifs is 2. The van der Waals surface area contributed by atoms with Crippen molar-refractivity contribution in [2.75, 3.05) is 38.5 Å². The van der Waals surface area contributed by atoms with E-state index in [0.717, 1.165) is 68.6 Å². The van der Waals surface area contributed by atoms with Gasteiger partial charge in [0, 0.05) is 37.3 Å². The summed E-state index contributed by atoms with van der Waals surface area (Å²) in [6, 6.07) is 11.6. The highest BCUT2D eigenvalue weighted by Crippen LogP contribution is 2.47. The van der Waals surface area contributed by atoms with Gasteiger partial charge in [-0.3, -0.25) is 4.79 Å². The summed E-state index contributed by atoms with van der Waals surface area (Å²) in [7, 11) is 2.08. The van der Waals surface area contributed by atoms with E-state index in [4.69, 9.17) is 11.6 Å². The highest BCUT2D eigenvalue weighted by atomic mass is 35.5. The molecule has 1 saturated heterocycles. The summed E-state index contributed by atoms with van der Waals surface area (Å²) in [6.45, 7) is 3.22. The Morgan fingerprint density at radius 2 is 1.75 bits per heavy atom. The van der Waals surface area contributed by atoms with Crippen LogP contribution in [0.4, 0.5) is 10.5 Å². The van der Waals surface area contributed by atoms with Crippen LogP contribution >= 0.6 is 11.6 Å². The number of halogens is 1. The molecule has 32 heavy (non-hydrogen) atoms. The molecule has 1 spiro atoms. The molecule has 1 aliphatic carbocycles. The molecule has 6 nitrogen and oxygen atoms in total. The second-order valence-corrected chi connectivity index (χ2v) is 9.65. The number of nitrogens with one attached hydrogen (secondary N) is 2. The van der Waals surface area contributed by atoms with Crippen LogP contribution in [0.1, 0.15) is 48.0 Å². The van der Waals surface area contributed by atoms with Crippen LogP contribution in [-0.2, 0) is 5.54 Å². The molecule has 0 radical (unpaired) electrons. The summed E-state index contributed by atoms with van der Waals surface area (Å²) in [5.74, 6) is 0.0568. The first-order valence-corrected chi connectivity index (χ1v) is 11.9. The molecule has 2 N–H and O–H groups in total. The van der Waals surface area contributed by atoms with Crippen molar-refractivity contribution in [1.29, 1.82) is 0 Å². The van der Waals surface area contributed by atoms with Crippen LogP contribution in [0.3, 0.4) is 0 Å². The summed E-state index contributed by atoms with van der Waals surface area (Å²) >= 11 is 6.72. The number of carbonyl (C=O) groups is 2. The molecule has 2 aliphatic heterocycles. The van der Waals surface area contributed by atoms with Gasteiger partial charge in [0.25, 0.3) is 5.91 Å². The predicted molar refractivity (Wildman–Crippen MR) is 127 cm³/mol. The van der Waals surface area contributed by atoms with Gasteiger partial charge in [-0.15, -0.1) is 0 Å². The maximum Gasteiger partial charge on any atom is 0.319 e. The van der Waals surface area contributed by atoms with E-state index in [2.05, 4.69) is 28.6 Å². The summed E-state index contributed by atoms with van der Waals surface area (Å²) in [6.07, 6.45) is 5.11. The lowest BCUT2D eigenvalue weighted by molar-refractivity contribution is 0.0665. The third-order valence-corrected chi connectivity index (χ3v) is 7.46. The fourth-order valence-electron chi connectivity index (χ4n) is 5.35. The number of benzene rings is 2. The van der Waals surface area contributed by atoms with Crippen molar-refractivity contribution in [3.8, 4) is 11.1 Å². The van der Waals surface area contributed by atoms with Crippen LogP contribution in [0.25, 0.3) is 11.1 Å². The molecular formula is C25H29ClN4O2. The van der Waals surface area contributed by atoms with Crippen LogP contribution in [-0.4, -0.2) is 55.0 Å². The average Bonchev–Trinajstić information content (AvgIpc) is 2.80. The minimum Gasteiger partial charge on any atom is -0.336 e. The van der Waals surface area contributed by atoms with Gasteiger partial charge >= 0.3 is 6.03 Å². The van der Waals surface area contributed by atoms with Gasteiger partial charge in [0.05, 0.1) is 16.2 Å². The SMILES string of the molecule is CN1CCN(C(=O)c2ccccc2-c2cc(Cl)c3c(c2)C2(CCCCC2)NC(=O)N3)CC1. The zero-order valence-electron chi connectivity index (χ0n) is 18.4. The minimum atomic E-state index is -0.397. The third kappa shape index (κ3) is 3.76. The van der Waals surface area contributed by atoms with Crippen LogP contribution in [0.15, 0.2) is 36.4 Å². The monoisotopic (exact) mass is 452 g/mol. The van der Waals surface area contributed by atoms with E-state index >= 15 is 0 Å². The van der Waals surface area contributed by atoms with Crippen LogP contribution < -0.4 is 10.6 Å². The topological polar surface area (TPSA) is 64.7 Å².